The molecule has 3 N–H and O–H groups in total. The first-order valence-electron chi connectivity index (χ1n) is 7.09. The van der Waals surface area contributed by atoms with E-state index < -0.39 is 6.36 Å². The Morgan fingerprint density at radius 1 is 1.14 bits per heavy atom. The summed E-state index contributed by atoms with van der Waals surface area (Å²) in [6, 6.07) is 6.17. The first kappa shape index (κ1) is 14.9. The molecule has 1 aliphatic heterocycles. The van der Waals surface area contributed by atoms with Gasteiger partial charge in [0, 0.05) is 22.7 Å². The van der Waals surface area contributed by atoms with Crippen molar-refractivity contribution in [2.45, 2.75) is 25.1 Å². The fraction of sp³-hybridized carbons (Fsp3) is 0.400. The molecule has 4 nitrogen and oxygen atoms in total. The lowest BCUT2D eigenvalue weighted by Gasteiger charge is -2.22. The lowest BCUT2D eigenvalue weighted by Crippen LogP contribution is -2.27. The molecule has 0 radical (unpaired) electrons. The number of nitrogens with one attached hydrogen (secondary N) is 1. The SMILES string of the molecule is Nc1ccc(OC(F)(F)F)c2nc(C3CCNCC3)ccc12. The second-order valence-corrected chi connectivity index (χ2v) is 5.36. The predicted molar refractivity (Wildman–Crippen MR) is 77.7 cm³/mol. The normalized spacial score (nSPS) is 16.9. The third-order valence-electron chi connectivity index (χ3n) is 3.86. The number of pyridine rings is 1. The number of nitrogens with zero attached hydrogens (tertiary/aromatic N) is 1. The Balaban J connectivity index is 2.05. The van der Waals surface area contributed by atoms with E-state index in [9.17, 15) is 13.2 Å². The number of hydrogen-bond donors (Lipinski definition) is 2. The van der Waals surface area contributed by atoms with Gasteiger partial charge in [0.1, 0.15) is 5.52 Å². The van der Waals surface area contributed by atoms with E-state index in [1.165, 1.54) is 12.1 Å². The molecule has 2 heterocycles. The van der Waals surface area contributed by atoms with Crippen molar-refractivity contribution in [1.82, 2.24) is 10.3 Å². The van der Waals surface area contributed by atoms with Crippen molar-refractivity contribution in [2.75, 3.05) is 18.8 Å². The van der Waals surface area contributed by atoms with Gasteiger partial charge in [0.25, 0.3) is 0 Å². The van der Waals surface area contributed by atoms with Crippen LogP contribution in [0.5, 0.6) is 5.75 Å². The maximum absolute atomic E-state index is 12.5. The smallest absolute Gasteiger partial charge is 0.403 e. The number of nitrogen functional groups attached to an aromatic ring is 1. The second-order valence-electron chi connectivity index (χ2n) is 5.36. The zero-order chi connectivity index (χ0) is 15.7. The molecule has 3 rings (SSSR count). The number of aromatic nitrogens is 1. The van der Waals surface area contributed by atoms with Crippen LogP contribution in [0.15, 0.2) is 24.3 Å². The van der Waals surface area contributed by atoms with E-state index in [-0.39, 0.29) is 17.2 Å². The molecule has 118 valence electrons. The van der Waals surface area contributed by atoms with Crippen LogP contribution in [0.1, 0.15) is 24.5 Å². The van der Waals surface area contributed by atoms with Gasteiger partial charge >= 0.3 is 6.36 Å². The van der Waals surface area contributed by atoms with E-state index in [2.05, 4.69) is 15.0 Å². The number of alkyl halides is 3. The Hall–Kier alpha value is -2.02. The Kier molecular flexibility index (Phi) is 3.82. The topological polar surface area (TPSA) is 60.2 Å². The lowest BCUT2D eigenvalue weighted by atomic mass is 9.93. The molecule has 1 fully saturated rings. The third kappa shape index (κ3) is 3.09. The minimum Gasteiger partial charge on any atom is -0.403 e. The summed E-state index contributed by atoms with van der Waals surface area (Å²) >= 11 is 0. The molecule has 1 aromatic carbocycles. The summed E-state index contributed by atoms with van der Waals surface area (Å²) in [5.41, 5.74) is 7.16. The van der Waals surface area contributed by atoms with Crippen LogP contribution >= 0.6 is 0 Å². The molecule has 2 aromatic rings. The van der Waals surface area contributed by atoms with Gasteiger partial charge in [0.2, 0.25) is 0 Å². The van der Waals surface area contributed by atoms with Gasteiger partial charge in [-0.15, -0.1) is 13.2 Å². The Morgan fingerprint density at radius 2 is 1.86 bits per heavy atom. The lowest BCUT2D eigenvalue weighted by molar-refractivity contribution is -0.274. The third-order valence-corrected chi connectivity index (χ3v) is 3.86. The van der Waals surface area contributed by atoms with Crippen molar-refractivity contribution in [3.63, 3.8) is 0 Å². The van der Waals surface area contributed by atoms with E-state index in [4.69, 9.17) is 5.73 Å². The van der Waals surface area contributed by atoms with Crippen molar-refractivity contribution in [3.05, 3.63) is 30.0 Å². The Bertz CT molecular complexity index is 682. The summed E-state index contributed by atoms with van der Waals surface area (Å²) in [5, 5.41) is 3.72. The van der Waals surface area contributed by atoms with Crippen molar-refractivity contribution in [1.29, 1.82) is 0 Å². The van der Waals surface area contributed by atoms with Crippen molar-refractivity contribution in [3.8, 4) is 5.75 Å². The molecule has 0 aliphatic carbocycles. The minimum atomic E-state index is -4.75. The monoisotopic (exact) mass is 311 g/mol. The van der Waals surface area contributed by atoms with Gasteiger partial charge in [0.15, 0.2) is 5.75 Å². The van der Waals surface area contributed by atoms with Crippen LogP contribution in [-0.2, 0) is 0 Å². The number of halogens is 3. The van der Waals surface area contributed by atoms with Gasteiger partial charge in [-0.05, 0) is 50.2 Å². The van der Waals surface area contributed by atoms with Gasteiger partial charge in [-0.1, -0.05) is 0 Å². The minimum absolute atomic E-state index is 0.161. The van der Waals surface area contributed by atoms with Gasteiger partial charge in [-0.25, -0.2) is 4.98 Å². The number of piperidine rings is 1. The second kappa shape index (κ2) is 5.64. The number of fused-ring (bicyclic) bond motifs is 1. The average Bonchev–Trinajstić information content (AvgIpc) is 2.50. The van der Waals surface area contributed by atoms with Crippen molar-refractivity contribution in [2.24, 2.45) is 0 Å². The standard InChI is InChI=1S/C15H16F3N3O/c16-15(17,18)22-13-4-2-11(19)10-1-3-12(21-14(10)13)9-5-7-20-8-6-9/h1-4,9,20H,5-8,19H2. The number of hydrogen-bond acceptors (Lipinski definition) is 4. The van der Waals surface area contributed by atoms with Gasteiger partial charge < -0.3 is 15.8 Å². The predicted octanol–water partition coefficient (Wildman–Crippen LogP) is 3.18. The largest absolute Gasteiger partial charge is 0.573 e. The van der Waals surface area contributed by atoms with Crippen LogP contribution in [0, 0.1) is 0 Å². The highest BCUT2D eigenvalue weighted by molar-refractivity contribution is 5.94. The molecule has 0 atom stereocenters. The molecule has 0 spiro atoms. The van der Waals surface area contributed by atoms with Crippen molar-refractivity contribution < 1.29 is 17.9 Å². The van der Waals surface area contributed by atoms with Crippen LogP contribution in [0.2, 0.25) is 0 Å². The number of benzene rings is 1. The van der Waals surface area contributed by atoms with E-state index in [1.807, 2.05) is 6.07 Å². The zero-order valence-corrected chi connectivity index (χ0v) is 11.8. The molecule has 1 saturated heterocycles. The molecule has 0 bridgehead atoms. The molecular formula is C15H16F3N3O. The first-order valence-corrected chi connectivity index (χ1v) is 7.09. The highest BCUT2D eigenvalue weighted by atomic mass is 19.4. The number of anilines is 1. The van der Waals surface area contributed by atoms with Crippen LogP contribution in [0.4, 0.5) is 18.9 Å². The van der Waals surface area contributed by atoms with Gasteiger partial charge in [0.05, 0.1) is 0 Å². The van der Waals surface area contributed by atoms with Gasteiger partial charge in [-0.2, -0.15) is 0 Å². The van der Waals surface area contributed by atoms with Crippen LogP contribution in [-0.4, -0.2) is 24.4 Å². The quantitative estimate of drug-likeness (QED) is 0.836. The summed E-state index contributed by atoms with van der Waals surface area (Å²) < 4.78 is 41.7. The number of nitrogens with two attached hydrogens (primary N) is 1. The molecule has 1 aliphatic rings. The van der Waals surface area contributed by atoms with Crippen LogP contribution < -0.4 is 15.8 Å². The maximum atomic E-state index is 12.5. The highest BCUT2D eigenvalue weighted by Gasteiger charge is 2.32. The fourth-order valence-electron chi connectivity index (χ4n) is 2.78. The molecular weight excluding hydrogens is 295 g/mol. The van der Waals surface area contributed by atoms with E-state index in [1.54, 1.807) is 6.07 Å². The number of rotatable bonds is 2. The van der Waals surface area contributed by atoms with Gasteiger partial charge in [-0.3, -0.25) is 0 Å². The number of ether oxygens (including phenoxy) is 1. The zero-order valence-electron chi connectivity index (χ0n) is 11.8. The Labute approximate surface area is 125 Å². The summed E-state index contributed by atoms with van der Waals surface area (Å²) in [4.78, 5) is 4.41. The fourth-order valence-corrected chi connectivity index (χ4v) is 2.78. The first-order chi connectivity index (χ1) is 10.4. The molecule has 0 unspecified atom stereocenters. The van der Waals surface area contributed by atoms with Crippen LogP contribution in [0.3, 0.4) is 0 Å². The molecule has 0 saturated carbocycles. The Morgan fingerprint density at radius 3 is 2.55 bits per heavy atom. The summed E-state index contributed by atoms with van der Waals surface area (Å²) in [6.45, 7) is 1.76. The summed E-state index contributed by atoms with van der Waals surface area (Å²) in [7, 11) is 0. The van der Waals surface area contributed by atoms with E-state index in [0.29, 0.717) is 11.1 Å². The molecule has 22 heavy (non-hydrogen) atoms. The van der Waals surface area contributed by atoms with E-state index >= 15 is 0 Å². The maximum Gasteiger partial charge on any atom is 0.573 e. The van der Waals surface area contributed by atoms with E-state index in [0.717, 1.165) is 31.6 Å². The molecule has 7 heteroatoms. The summed E-state index contributed by atoms with van der Waals surface area (Å²) in [5.74, 6) is -0.0710. The summed E-state index contributed by atoms with van der Waals surface area (Å²) in [6.07, 6.45) is -2.93. The van der Waals surface area contributed by atoms with Crippen LogP contribution in [0.25, 0.3) is 10.9 Å². The average molecular weight is 311 g/mol. The molecule has 1 aromatic heterocycles. The molecule has 0 amide bonds. The van der Waals surface area contributed by atoms with Crippen molar-refractivity contribution >= 4 is 16.6 Å². The highest BCUT2D eigenvalue weighted by Crippen LogP contribution is 2.34.